The van der Waals surface area contributed by atoms with Gasteiger partial charge in [0.15, 0.2) is 5.78 Å². The van der Waals surface area contributed by atoms with Gasteiger partial charge in [-0.2, -0.15) is 5.26 Å². The fraction of sp³-hybridized carbons (Fsp3) is 0.273. The van der Waals surface area contributed by atoms with Crippen molar-refractivity contribution in [1.29, 1.82) is 5.26 Å². The third-order valence-corrected chi connectivity index (χ3v) is 7.81. The van der Waals surface area contributed by atoms with Gasteiger partial charge in [0.2, 0.25) is 0 Å². The Morgan fingerprint density at radius 3 is 2.69 bits per heavy atom. The van der Waals surface area contributed by atoms with Crippen LogP contribution in [0.1, 0.15) is 35.6 Å². The van der Waals surface area contributed by atoms with Crippen LogP contribution in [0.25, 0.3) is 0 Å². The van der Waals surface area contributed by atoms with Crippen molar-refractivity contribution in [2.75, 3.05) is 11.2 Å². The van der Waals surface area contributed by atoms with Crippen LogP contribution in [0.5, 0.6) is 0 Å². The van der Waals surface area contributed by atoms with Crippen LogP contribution < -0.4 is 10.6 Å². The maximum atomic E-state index is 13.1. The van der Waals surface area contributed by atoms with E-state index >= 15 is 0 Å². The Morgan fingerprint density at radius 1 is 1.31 bits per heavy atom. The van der Waals surface area contributed by atoms with Crippen LogP contribution in [0.2, 0.25) is 5.02 Å². The monoisotopic (exact) mass is 441 g/mol. The number of halogens is 1. The number of nitrogens with zero attached hydrogens (tertiary/aromatic N) is 2. The van der Waals surface area contributed by atoms with Crippen molar-refractivity contribution in [3.8, 4) is 6.07 Å². The van der Waals surface area contributed by atoms with Crippen molar-refractivity contribution in [3.05, 3.63) is 68.5 Å². The van der Waals surface area contributed by atoms with Gasteiger partial charge in [-0.1, -0.05) is 11.6 Å². The molecule has 1 aliphatic carbocycles. The fourth-order valence-corrected chi connectivity index (χ4v) is 6.19. The van der Waals surface area contributed by atoms with Gasteiger partial charge in [0.25, 0.3) is 0 Å². The number of benzene rings is 1. The molecular weight excluding hydrogens is 422 g/mol. The first-order valence-electron chi connectivity index (χ1n) is 9.32. The van der Waals surface area contributed by atoms with E-state index in [0.29, 0.717) is 28.4 Å². The third kappa shape index (κ3) is 3.38. The van der Waals surface area contributed by atoms with E-state index in [1.54, 1.807) is 35.2 Å². The van der Waals surface area contributed by atoms with E-state index in [9.17, 15) is 10.1 Å². The number of anilines is 1. The van der Waals surface area contributed by atoms with Gasteiger partial charge < -0.3 is 5.73 Å². The number of Topliss-reactive ketones (excluding diaryl/α,β-unsaturated/α-hetero) is 1. The zero-order valence-electron chi connectivity index (χ0n) is 16.2. The van der Waals surface area contributed by atoms with Crippen LogP contribution in [-0.4, -0.2) is 12.0 Å². The van der Waals surface area contributed by atoms with Crippen molar-refractivity contribution < 1.29 is 4.79 Å². The molecule has 0 amide bonds. The molecule has 29 heavy (non-hydrogen) atoms. The lowest BCUT2D eigenvalue weighted by molar-refractivity contribution is -0.116. The molecular formula is C22H20ClN3OS2. The number of carbonyl (C=O) groups is 1. The molecule has 2 aromatic rings. The quantitative estimate of drug-likeness (QED) is 0.615. The molecule has 0 saturated heterocycles. The molecule has 4 rings (SSSR count). The van der Waals surface area contributed by atoms with E-state index < -0.39 is 5.92 Å². The predicted octanol–water partition coefficient (Wildman–Crippen LogP) is 5.74. The number of rotatable bonds is 3. The number of nitriles is 1. The van der Waals surface area contributed by atoms with E-state index in [1.807, 2.05) is 30.2 Å². The van der Waals surface area contributed by atoms with Gasteiger partial charge in [0.1, 0.15) is 5.82 Å². The molecule has 7 heteroatoms. The predicted molar refractivity (Wildman–Crippen MR) is 120 cm³/mol. The number of thiophene rings is 1. The summed E-state index contributed by atoms with van der Waals surface area (Å²) in [5, 5.41) is 10.7. The summed E-state index contributed by atoms with van der Waals surface area (Å²) in [6.45, 7) is 2.05. The Morgan fingerprint density at radius 2 is 2.03 bits per heavy atom. The second-order valence-electron chi connectivity index (χ2n) is 7.10. The number of aryl methyl sites for hydroxylation is 1. The van der Waals surface area contributed by atoms with Crippen molar-refractivity contribution >= 4 is 46.2 Å². The van der Waals surface area contributed by atoms with Crippen LogP contribution >= 0.6 is 34.7 Å². The van der Waals surface area contributed by atoms with Crippen LogP contribution in [0.4, 0.5) is 5.69 Å². The number of thioether (sulfide) groups is 1. The first-order valence-corrected chi connectivity index (χ1v) is 11.7. The Balaban J connectivity index is 1.98. The standard InChI is InChI=1S/C22H20ClN3OS2/c1-12-10-15(22(28-2)29-12)19-16(11-24)21(25)26(14-8-6-13(23)7-9-14)17-4-3-5-18(27)20(17)19/h6-10,19H,3-5,25H2,1-2H3/t19-/m1/s1. The summed E-state index contributed by atoms with van der Waals surface area (Å²) in [7, 11) is 0. The van der Waals surface area contributed by atoms with Crippen molar-refractivity contribution in [2.45, 2.75) is 36.3 Å². The van der Waals surface area contributed by atoms with Crippen LogP contribution in [0.15, 0.2) is 57.2 Å². The molecule has 2 aliphatic rings. The largest absolute Gasteiger partial charge is 0.384 e. The number of allylic oxidation sites excluding steroid dienone is 3. The molecule has 0 unspecified atom stereocenters. The second kappa shape index (κ2) is 7.91. The maximum Gasteiger partial charge on any atom is 0.161 e. The minimum Gasteiger partial charge on any atom is -0.384 e. The molecule has 2 N–H and O–H groups in total. The molecule has 2 heterocycles. The molecule has 148 valence electrons. The van der Waals surface area contributed by atoms with Crippen molar-refractivity contribution in [3.63, 3.8) is 0 Å². The van der Waals surface area contributed by atoms with E-state index in [2.05, 4.69) is 12.1 Å². The van der Waals surface area contributed by atoms with Crippen molar-refractivity contribution in [2.24, 2.45) is 5.73 Å². The summed E-state index contributed by atoms with van der Waals surface area (Å²) >= 11 is 9.40. The lowest BCUT2D eigenvalue weighted by Crippen LogP contribution is -2.38. The number of hydrogen-bond acceptors (Lipinski definition) is 6. The van der Waals surface area contributed by atoms with E-state index in [0.717, 1.165) is 38.9 Å². The molecule has 1 aliphatic heterocycles. The summed E-state index contributed by atoms with van der Waals surface area (Å²) in [6, 6.07) is 11.7. The first kappa shape index (κ1) is 20.1. The molecule has 1 aromatic carbocycles. The van der Waals surface area contributed by atoms with E-state index in [1.165, 1.54) is 0 Å². The summed E-state index contributed by atoms with van der Waals surface area (Å²) in [5.41, 5.74) is 10.5. The molecule has 4 nitrogen and oxygen atoms in total. The Hall–Kier alpha value is -2.20. The topological polar surface area (TPSA) is 70.1 Å². The SMILES string of the molecule is CSc1sc(C)cc1[C@@H]1C(C#N)=C(N)N(c2ccc(Cl)cc2)C2=C1C(=O)CCC2. The molecule has 1 aromatic heterocycles. The molecule has 0 saturated carbocycles. The maximum absolute atomic E-state index is 13.1. The Labute approximate surface area is 183 Å². The van der Waals surface area contributed by atoms with Gasteiger partial charge in [0.05, 0.1) is 21.8 Å². The molecule has 0 bridgehead atoms. The number of nitrogens with two attached hydrogens (primary N) is 1. The van der Waals surface area contributed by atoms with Gasteiger partial charge in [-0.25, -0.2) is 0 Å². The highest BCUT2D eigenvalue weighted by Crippen LogP contribution is 2.49. The zero-order valence-corrected chi connectivity index (χ0v) is 18.5. The smallest absolute Gasteiger partial charge is 0.161 e. The zero-order chi connectivity index (χ0) is 20.7. The second-order valence-corrected chi connectivity index (χ2v) is 9.86. The summed E-state index contributed by atoms with van der Waals surface area (Å²) < 4.78 is 1.12. The van der Waals surface area contributed by atoms with E-state index in [-0.39, 0.29) is 5.78 Å². The average molecular weight is 442 g/mol. The van der Waals surface area contributed by atoms with Gasteiger partial charge in [-0.05, 0) is 61.9 Å². The highest BCUT2D eigenvalue weighted by Gasteiger charge is 2.41. The Bertz CT molecular complexity index is 1090. The van der Waals surface area contributed by atoms with Gasteiger partial charge in [-0.15, -0.1) is 23.1 Å². The van der Waals surface area contributed by atoms with Crippen molar-refractivity contribution in [1.82, 2.24) is 0 Å². The lowest BCUT2D eigenvalue weighted by Gasteiger charge is -2.39. The Kier molecular flexibility index (Phi) is 5.48. The number of ketones is 1. The number of carbonyl (C=O) groups excluding carboxylic acids is 1. The highest BCUT2D eigenvalue weighted by molar-refractivity contribution is 8.00. The summed E-state index contributed by atoms with van der Waals surface area (Å²) in [5.74, 6) is 0.0919. The van der Waals surface area contributed by atoms with Crippen LogP contribution in [0, 0.1) is 18.3 Å². The summed E-state index contributed by atoms with van der Waals surface area (Å²) in [4.78, 5) is 16.2. The molecule has 1 atom stereocenters. The first-order chi connectivity index (χ1) is 14.0. The van der Waals surface area contributed by atoms with Crippen LogP contribution in [0.3, 0.4) is 0 Å². The molecule has 0 radical (unpaired) electrons. The lowest BCUT2D eigenvalue weighted by atomic mass is 9.76. The van der Waals surface area contributed by atoms with E-state index in [4.69, 9.17) is 17.3 Å². The van der Waals surface area contributed by atoms with Gasteiger partial charge >= 0.3 is 0 Å². The molecule has 0 spiro atoms. The molecule has 0 fully saturated rings. The fourth-order valence-electron chi connectivity index (χ4n) is 4.16. The summed E-state index contributed by atoms with van der Waals surface area (Å²) in [6.07, 6.45) is 4.05. The minimum absolute atomic E-state index is 0.103. The average Bonchev–Trinajstić information content (AvgIpc) is 3.09. The minimum atomic E-state index is -0.404. The number of hydrogen-bond donors (Lipinski definition) is 1. The van der Waals surface area contributed by atoms with Crippen LogP contribution in [-0.2, 0) is 4.79 Å². The third-order valence-electron chi connectivity index (χ3n) is 5.34. The van der Waals surface area contributed by atoms with Gasteiger partial charge in [0, 0.05) is 33.3 Å². The van der Waals surface area contributed by atoms with Gasteiger partial charge in [-0.3, -0.25) is 9.69 Å². The normalized spacial score (nSPS) is 19.4. The highest BCUT2D eigenvalue weighted by atomic mass is 35.5.